The Morgan fingerprint density at radius 2 is 0.541 bits per heavy atom. The summed E-state index contributed by atoms with van der Waals surface area (Å²) in [6, 6.07) is 85.4. The van der Waals surface area contributed by atoms with Crippen LogP contribution in [0.5, 0.6) is 97.7 Å². The van der Waals surface area contributed by atoms with E-state index >= 15 is 0 Å². The standard InChI is InChI=1S/3C12H10O3.3C12H10O2.2C12H10O.9Y/c1-2-15-12-5-3-4-9-10(12)6-8(13)7-11(9)14;1-2-15-11-5-3-4-9-8(11)6-7-10(13)12(9)14;1-2-15-11-5-3-4-8-9(13)6-7-10(14)12(8)11;1-2-14-11-8-4-6-9-5-3-7-10(13)12(9)11;1-2-14-12-5-3-4-9-6-7-10(13)8-11(9)12;1-2-14-12-8-10(13)7-9-5-3-4-6-11(9)12;1-2-13-12-9-5-7-10-6-3-4-8-11(10)12;1-2-13-12-8-7-10-5-3-4-6-11(10)9-12;;;;;;;;;/h3*2-7,13-14H,1H2;3*2-8,13H,1H2;2*2-9H,1H2;;;;;;;;;. The molecular weight excluding hydrogens is 2230 g/mol. The summed E-state index contributed by atoms with van der Waals surface area (Å²) in [5.41, 5.74) is 0. The smallest absolute Gasteiger partial charge is 0.165 e. The molecule has 9 N–H and O–H groups in total. The van der Waals surface area contributed by atoms with Crippen molar-refractivity contribution in [1.29, 1.82) is 0 Å². The maximum Gasteiger partial charge on any atom is 0.165 e. The summed E-state index contributed by atoms with van der Waals surface area (Å²) in [5, 5.41) is 99.4. The van der Waals surface area contributed by atoms with Crippen LogP contribution in [-0.4, -0.2) is 46.0 Å². The molecule has 9 radical (unpaired) electrons. The van der Waals surface area contributed by atoms with Gasteiger partial charge in [-0.1, -0.05) is 222 Å². The fraction of sp³-hybridized carbons (Fsp3) is 0. The van der Waals surface area contributed by atoms with Gasteiger partial charge in [0.1, 0.15) is 86.2 Å². The van der Waals surface area contributed by atoms with Crippen molar-refractivity contribution < 1.29 is 378 Å². The minimum absolute atomic E-state index is 0. The summed E-state index contributed by atoms with van der Waals surface area (Å²) in [4.78, 5) is 0. The second kappa shape index (κ2) is 61.5. The fourth-order valence-corrected chi connectivity index (χ4v) is 11.6. The van der Waals surface area contributed by atoms with Gasteiger partial charge in [-0.2, -0.15) is 0 Å². The maximum atomic E-state index is 9.68. The summed E-state index contributed by atoms with van der Waals surface area (Å²) in [5.74, 6) is 5.82. The van der Waals surface area contributed by atoms with Crippen molar-refractivity contribution in [1.82, 2.24) is 0 Å². The predicted octanol–water partition coefficient (Wildman–Crippen LogP) is 24.2. The van der Waals surface area contributed by atoms with Gasteiger partial charge in [0, 0.05) is 350 Å². The van der Waals surface area contributed by atoms with Crippen LogP contribution in [-0.2, 0) is 294 Å². The molecule has 0 heterocycles. The largest absolute Gasteiger partial charge is 0.508 e. The molecule has 0 spiro atoms. The molecule has 0 fully saturated rings. The molecule has 0 unspecified atom stereocenters. The van der Waals surface area contributed by atoms with Crippen LogP contribution in [0.1, 0.15) is 0 Å². The van der Waals surface area contributed by atoms with Gasteiger partial charge in [-0.05, 0) is 135 Å². The zero-order chi connectivity index (χ0) is 80.6. The number of rotatable bonds is 16. The van der Waals surface area contributed by atoms with Crippen molar-refractivity contribution in [3.8, 4) is 97.7 Å². The number of hydrogen-bond acceptors (Lipinski definition) is 17. The molecule has 0 amide bonds. The normalized spacial score (nSPS) is 9.28. The molecule has 0 atom stereocenters. The molecule has 16 aromatic rings. The second-order valence-electron chi connectivity index (χ2n) is 23.6. The Morgan fingerprint density at radius 1 is 0.180 bits per heavy atom. The molecule has 26 heteroatoms. The molecule has 0 aliphatic carbocycles. The van der Waals surface area contributed by atoms with Gasteiger partial charge in [0.05, 0.1) is 60.9 Å². The van der Waals surface area contributed by atoms with E-state index in [0.717, 1.165) is 54.6 Å². The van der Waals surface area contributed by atoms with E-state index in [4.69, 9.17) is 37.9 Å². The first kappa shape index (κ1) is 116. The third kappa shape index (κ3) is 33.4. The molecular formula is C96H80O17Y9. The number of fused-ring (bicyclic) bond motifs is 8. The third-order valence-electron chi connectivity index (χ3n) is 16.5. The van der Waals surface area contributed by atoms with E-state index in [1.165, 1.54) is 96.6 Å². The van der Waals surface area contributed by atoms with Gasteiger partial charge in [0.25, 0.3) is 0 Å². The minimum atomic E-state index is -0.141. The van der Waals surface area contributed by atoms with E-state index in [0.29, 0.717) is 61.4 Å². The Balaban J connectivity index is 0.00000136. The van der Waals surface area contributed by atoms with Crippen molar-refractivity contribution in [3.05, 3.63) is 388 Å². The van der Waals surface area contributed by atoms with E-state index in [-0.39, 0.29) is 346 Å². The van der Waals surface area contributed by atoms with E-state index in [1.807, 2.05) is 127 Å². The molecule has 122 heavy (non-hydrogen) atoms. The summed E-state index contributed by atoms with van der Waals surface area (Å²) in [7, 11) is 0. The van der Waals surface area contributed by atoms with Crippen LogP contribution in [0.4, 0.5) is 0 Å². The van der Waals surface area contributed by atoms with Gasteiger partial charge in [0.15, 0.2) is 11.5 Å². The van der Waals surface area contributed by atoms with Crippen molar-refractivity contribution in [2.75, 3.05) is 0 Å². The molecule has 0 aliphatic heterocycles. The number of aromatic hydroxyl groups is 9. The molecule has 0 aromatic heterocycles. The number of hydrogen-bond donors (Lipinski definition) is 9. The monoisotopic (exact) mass is 2300 g/mol. The summed E-state index contributed by atoms with van der Waals surface area (Å²) in [6.45, 7) is 27.9. The fourth-order valence-electron chi connectivity index (χ4n) is 11.6. The van der Waals surface area contributed by atoms with Crippen molar-refractivity contribution in [2.45, 2.75) is 0 Å². The van der Waals surface area contributed by atoms with E-state index in [1.54, 1.807) is 103 Å². The number of phenols is 9. The summed E-state index contributed by atoms with van der Waals surface area (Å²) < 4.78 is 41.6. The number of ether oxygens (including phenoxy) is 8. The van der Waals surface area contributed by atoms with Gasteiger partial charge in [0.2, 0.25) is 0 Å². The quantitative estimate of drug-likeness (QED) is 0.0248. The van der Waals surface area contributed by atoms with E-state index < -0.39 is 0 Å². The molecule has 16 rings (SSSR count). The average molecular weight is 2310 g/mol. The summed E-state index contributed by atoms with van der Waals surface area (Å²) >= 11 is 0. The minimum Gasteiger partial charge on any atom is -0.508 e. The first-order valence-corrected chi connectivity index (χ1v) is 34.6. The summed E-state index contributed by atoms with van der Waals surface area (Å²) in [6.07, 6.45) is 10.8. The predicted molar refractivity (Wildman–Crippen MR) is 453 cm³/mol. The Kier molecular flexibility index (Phi) is 58.5. The Morgan fingerprint density at radius 3 is 1.11 bits per heavy atom. The Hall–Kier alpha value is -5.94. The van der Waals surface area contributed by atoms with Gasteiger partial charge in [-0.15, -0.1) is 0 Å². The topological polar surface area (TPSA) is 256 Å². The van der Waals surface area contributed by atoms with Gasteiger partial charge in [-0.25, -0.2) is 0 Å². The van der Waals surface area contributed by atoms with Gasteiger partial charge in [-0.3, -0.25) is 0 Å². The van der Waals surface area contributed by atoms with E-state index in [9.17, 15) is 46.0 Å². The first-order valence-electron chi connectivity index (χ1n) is 34.6. The zero-order valence-electron chi connectivity index (χ0n) is 66.4. The van der Waals surface area contributed by atoms with Crippen LogP contribution in [0.25, 0.3) is 86.2 Å². The molecule has 0 bridgehead atoms. The first-order chi connectivity index (χ1) is 54.9. The average Bonchev–Trinajstić information content (AvgIpc) is 0.860. The zero-order valence-corrected chi connectivity index (χ0v) is 91.9. The van der Waals surface area contributed by atoms with Crippen LogP contribution in [0, 0.1) is 0 Å². The van der Waals surface area contributed by atoms with E-state index in [2.05, 4.69) is 76.9 Å². The second-order valence-corrected chi connectivity index (χ2v) is 23.6. The number of benzene rings is 16. The molecule has 593 valence electrons. The van der Waals surface area contributed by atoms with Crippen molar-refractivity contribution >= 4 is 86.2 Å². The van der Waals surface area contributed by atoms with Crippen LogP contribution in [0.3, 0.4) is 0 Å². The van der Waals surface area contributed by atoms with Crippen LogP contribution in [0.2, 0.25) is 0 Å². The van der Waals surface area contributed by atoms with Crippen LogP contribution >= 0.6 is 0 Å². The van der Waals surface area contributed by atoms with Gasteiger partial charge < -0.3 is 83.9 Å². The molecule has 0 saturated heterocycles. The van der Waals surface area contributed by atoms with Gasteiger partial charge >= 0.3 is 0 Å². The molecule has 17 nitrogen and oxygen atoms in total. The van der Waals surface area contributed by atoms with Crippen LogP contribution < -0.4 is 37.9 Å². The molecule has 0 aliphatic rings. The van der Waals surface area contributed by atoms with Crippen LogP contribution in [0.15, 0.2) is 388 Å². The Bertz CT molecular complexity index is 6060. The van der Waals surface area contributed by atoms with Crippen molar-refractivity contribution in [2.24, 2.45) is 0 Å². The maximum absolute atomic E-state index is 9.68. The Labute approximate surface area is 934 Å². The third-order valence-corrected chi connectivity index (χ3v) is 16.5. The SMILES string of the molecule is C=COc1cc(O)cc2ccccc12.C=COc1ccc2ccccc2c1.C=COc1cccc2c(O)c(O)ccc12.C=COc1cccc2c(O)cc(O)cc12.C=COc1cccc2c(O)ccc(O)c12.C=COc1cccc2ccc(O)cc12.C=COc1cccc2cccc(O)c12.C=COc1cccc2ccccc12.[Y].[Y].[Y].[Y].[Y].[Y].[Y].[Y].[Y]. The molecule has 0 saturated carbocycles. The van der Waals surface area contributed by atoms with Crippen molar-refractivity contribution in [3.63, 3.8) is 0 Å². The molecule has 16 aromatic carbocycles. The number of phenolic OH excluding ortho intramolecular Hbond substituents is 9.